The van der Waals surface area contributed by atoms with Crippen LogP contribution in [0.25, 0.3) is 0 Å². The maximum Gasteiger partial charge on any atom is 0.306 e. The van der Waals surface area contributed by atoms with E-state index in [0.717, 1.165) is 35.8 Å². The minimum absolute atomic E-state index is 0.364. The van der Waals surface area contributed by atoms with Gasteiger partial charge in [0.2, 0.25) is 0 Å². The molecule has 0 radical (unpaired) electrons. The summed E-state index contributed by atoms with van der Waals surface area (Å²) < 4.78 is 2.31. The van der Waals surface area contributed by atoms with Crippen LogP contribution in [0.1, 0.15) is 50.3 Å². The summed E-state index contributed by atoms with van der Waals surface area (Å²) in [6.45, 7) is 0.548. The molecular weight excluding hydrogens is 290 g/mol. The molecule has 4 bridgehead atoms. The molecule has 0 spiro atoms. The zero-order valence-electron chi connectivity index (χ0n) is 13.6. The van der Waals surface area contributed by atoms with Crippen LogP contribution in [-0.2, 0) is 11.2 Å². The first kappa shape index (κ1) is 15.2. The predicted octanol–water partition coefficient (Wildman–Crippen LogP) is 2.47. The summed E-state index contributed by atoms with van der Waals surface area (Å²) >= 11 is 0. The Hall–Kier alpha value is -1.36. The van der Waals surface area contributed by atoms with Gasteiger partial charge in [-0.2, -0.15) is 0 Å². The summed E-state index contributed by atoms with van der Waals surface area (Å²) in [6.07, 6.45) is 11.6. The largest absolute Gasteiger partial charge is 0.481 e. The molecule has 1 atom stereocenters. The monoisotopic (exact) mass is 317 g/mol. The molecule has 5 nitrogen and oxygen atoms in total. The molecule has 3 N–H and O–H groups in total. The van der Waals surface area contributed by atoms with Gasteiger partial charge in [-0.15, -0.1) is 0 Å². The van der Waals surface area contributed by atoms with Crippen LogP contribution in [0.4, 0.5) is 0 Å². The van der Waals surface area contributed by atoms with Gasteiger partial charge in [0.05, 0.1) is 17.9 Å². The van der Waals surface area contributed by atoms with E-state index in [-0.39, 0.29) is 5.92 Å². The number of nitrogens with zero attached hydrogens (tertiary/aromatic N) is 2. The van der Waals surface area contributed by atoms with Crippen molar-refractivity contribution in [1.82, 2.24) is 9.55 Å². The molecule has 4 aliphatic rings. The molecule has 0 amide bonds. The molecule has 0 aromatic carbocycles. The lowest BCUT2D eigenvalue weighted by Crippen LogP contribution is -2.29. The fraction of sp³-hybridized carbons (Fsp3) is 0.778. The second-order valence-corrected chi connectivity index (χ2v) is 7.96. The van der Waals surface area contributed by atoms with Crippen LogP contribution in [0, 0.1) is 29.6 Å². The SMILES string of the molecule is NCCCC(Cc1cn(C2C3CC4CC2CC4C3)cn1)C(=O)O. The Labute approximate surface area is 137 Å². The van der Waals surface area contributed by atoms with Crippen LogP contribution in [-0.4, -0.2) is 27.2 Å². The molecule has 126 valence electrons. The third-order valence-electron chi connectivity index (χ3n) is 6.62. The number of aliphatic carboxylic acids is 1. The van der Waals surface area contributed by atoms with Crippen molar-refractivity contribution in [3.8, 4) is 0 Å². The number of imidazole rings is 1. The van der Waals surface area contributed by atoms with E-state index in [2.05, 4.69) is 15.7 Å². The second-order valence-electron chi connectivity index (χ2n) is 7.96. The third kappa shape index (κ3) is 2.69. The van der Waals surface area contributed by atoms with Gasteiger partial charge in [0.1, 0.15) is 0 Å². The van der Waals surface area contributed by atoms with Gasteiger partial charge >= 0.3 is 5.97 Å². The molecule has 0 saturated heterocycles. The summed E-state index contributed by atoms with van der Waals surface area (Å²) in [4.78, 5) is 15.9. The van der Waals surface area contributed by atoms with Crippen molar-refractivity contribution in [1.29, 1.82) is 0 Å². The van der Waals surface area contributed by atoms with E-state index >= 15 is 0 Å². The van der Waals surface area contributed by atoms with E-state index in [0.29, 0.717) is 25.4 Å². The average Bonchev–Trinajstić information content (AvgIpc) is 3.17. The van der Waals surface area contributed by atoms with Crippen molar-refractivity contribution in [3.05, 3.63) is 18.2 Å². The summed E-state index contributed by atoms with van der Waals surface area (Å²) in [5.41, 5.74) is 6.44. The van der Waals surface area contributed by atoms with Gasteiger partial charge in [-0.25, -0.2) is 4.98 Å². The second kappa shape index (κ2) is 5.93. The Morgan fingerprint density at radius 1 is 1.26 bits per heavy atom. The molecule has 23 heavy (non-hydrogen) atoms. The standard InChI is InChI=1S/C18H27N3O2/c19-3-1-2-11(18(22)23)8-16-9-21(10-20-16)17-14-4-12-5-15(17)7-13(12)6-14/h9-15,17H,1-8,19H2,(H,22,23). The fourth-order valence-corrected chi connectivity index (χ4v) is 5.72. The predicted molar refractivity (Wildman–Crippen MR) is 86.8 cm³/mol. The Morgan fingerprint density at radius 3 is 2.48 bits per heavy atom. The smallest absolute Gasteiger partial charge is 0.306 e. The summed E-state index contributed by atoms with van der Waals surface area (Å²) in [5, 5.41) is 9.38. The highest BCUT2D eigenvalue weighted by atomic mass is 16.4. The van der Waals surface area contributed by atoms with Crippen molar-refractivity contribution in [2.24, 2.45) is 35.3 Å². The molecule has 0 aliphatic heterocycles. The van der Waals surface area contributed by atoms with Crippen molar-refractivity contribution in [2.75, 3.05) is 6.54 Å². The molecule has 5 heteroatoms. The Balaban J connectivity index is 1.45. The van der Waals surface area contributed by atoms with E-state index in [1.54, 1.807) is 0 Å². The van der Waals surface area contributed by atoms with E-state index in [1.165, 1.54) is 25.7 Å². The van der Waals surface area contributed by atoms with Gasteiger partial charge in [0, 0.05) is 18.7 Å². The minimum atomic E-state index is -0.730. The Morgan fingerprint density at radius 2 is 1.91 bits per heavy atom. The molecule has 4 aliphatic carbocycles. The van der Waals surface area contributed by atoms with Gasteiger partial charge in [0.15, 0.2) is 0 Å². The van der Waals surface area contributed by atoms with Crippen LogP contribution < -0.4 is 5.73 Å². The average molecular weight is 317 g/mol. The molecule has 1 aromatic rings. The van der Waals surface area contributed by atoms with Crippen molar-refractivity contribution in [2.45, 2.75) is 51.0 Å². The molecule has 1 aromatic heterocycles. The molecule has 1 heterocycles. The van der Waals surface area contributed by atoms with Crippen molar-refractivity contribution < 1.29 is 9.90 Å². The van der Waals surface area contributed by atoms with E-state index < -0.39 is 5.97 Å². The zero-order valence-corrected chi connectivity index (χ0v) is 13.6. The van der Waals surface area contributed by atoms with Crippen molar-refractivity contribution in [3.63, 3.8) is 0 Å². The zero-order chi connectivity index (χ0) is 16.0. The molecule has 4 saturated carbocycles. The lowest BCUT2D eigenvalue weighted by atomic mass is 9.77. The third-order valence-corrected chi connectivity index (χ3v) is 6.62. The number of carbonyl (C=O) groups is 1. The van der Waals surface area contributed by atoms with Gasteiger partial charge in [0.25, 0.3) is 0 Å². The van der Waals surface area contributed by atoms with Gasteiger partial charge in [-0.3, -0.25) is 4.79 Å². The van der Waals surface area contributed by atoms with E-state index in [9.17, 15) is 9.90 Å². The lowest BCUT2D eigenvalue weighted by Gasteiger charge is -2.36. The van der Waals surface area contributed by atoms with Gasteiger partial charge in [-0.05, 0) is 68.7 Å². The topological polar surface area (TPSA) is 81.1 Å². The lowest BCUT2D eigenvalue weighted by molar-refractivity contribution is -0.142. The molecule has 5 rings (SSSR count). The van der Waals surface area contributed by atoms with Crippen LogP contribution in [0.15, 0.2) is 12.5 Å². The highest BCUT2D eigenvalue weighted by molar-refractivity contribution is 5.70. The maximum atomic E-state index is 11.4. The first-order chi connectivity index (χ1) is 11.2. The minimum Gasteiger partial charge on any atom is -0.481 e. The number of aromatic nitrogens is 2. The van der Waals surface area contributed by atoms with Crippen LogP contribution in [0.2, 0.25) is 0 Å². The van der Waals surface area contributed by atoms with Crippen LogP contribution >= 0.6 is 0 Å². The first-order valence-corrected chi connectivity index (χ1v) is 9.11. The number of carboxylic acids is 1. The molecule has 4 fully saturated rings. The molecular formula is C18H27N3O2. The highest BCUT2D eigenvalue weighted by Gasteiger charge is 2.53. The number of rotatable bonds is 7. The van der Waals surface area contributed by atoms with Gasteiger partial charge in [-0.1, -0.05) is 0 Å². The number of carboxylic acid groups (broad SMARTS) is 1. The van der Waals surface area contributed by atoms with Gasteiger partial charge < -0.3 is 15.4 Å². The maximum absolute atomic E-state index is 11.4. The molecule has 1 unspecified atom stereocenters. The highest BCUT2D eigenvalue weighted by Crippen LogP contribution is 2.62. The fourth-order valence-electron chi connectivity index (χ4n) is 5.72. The van der Waals surface area contributed by atoms with E-state index in [1.807, 2.05) is 6.33 Å². The summed E-state index contributed by atoms with van der Waals surface area (Å²) in [6, 6.07) is 0.610. The number of nitrogens with two attached hydrogens (primary N) is 1. The normalized spacial score (nSPS) is 35.8. The first-order valence-electron chi connectivity index (χ1n) is 9.11. The number of hydrogen-bond donors (Lipinski definition) is 2. The number of hydrogen-bond acceptors (Lipinski definition) is 3. The quantitative estimate of drug-likeness (QED) is 0.809. The van der Waals surface area contributed by atoms with Crippen molar-refractivity contribution >= 4 is 5.97 Å². The summed E-state index contributed by atoms with van der Waals surface area (Å²) in [7, 11) is 0. The van der Waals surface area contributed by atoms with Crippen LogP contribution in [0.3, 0.4) is 0 Å². The van der Waals surface area contributed by atoms with E-state index in [4.69, 9.17) is 5.73 Å². The Kier molecular flexibility index (Phi) is 3.92. The summed E-state index contributed by atoms with van der Waals surface area (Å²) in [5.74, 6) is 2.55. The Bertz CT molecular complexity index is 555. The van der Waals surface area contributed by atoms with Crippen LogP contribution in [0.5, 0.6) is 0 Å².